The first kappa shape index (κ1) is 8.31. The molecule has 1 aromatic rings. The maximum Gasteiger partial charge on any atom is 0.254 e. The number of amides is 1. The van der Waals surface area contributed by atoms with E-state index in [1.54, 1.807) is 6.07 Å². The largest absolute Gasteiger partial charge is 0.467 e. The predicted molar refractivity (Wildman–Crippen MR) is 47.1 cm³/mol. The fourth-order valence-corrected chi connectivity index (χ4v) is 1.10. The van der Waals surface area contributed by atoms with Gasteiger partial charge >= 0.3 is 0 Å². The van der Waals surface area contributed by atoms with Gasteiger partial charge in [-0.05, 0) is 18.9 Å². The molecule has 1 aromatic heterocycles. The van der Waals surface area contributed by atoms with Crippen LogP contribution in [0, 0.1) is 0 Å². The molecule has 0 unspecified atom stereocenters. The Labute approximate surface area is 76.1 Å². The summed E-state index contributed by atoms with van der Waals surface area (Å²) >= 11 is 0. The molecule has 2 rings (SSSR count). The van der Waals surface area contributed by atoms with Crippen LogP contribution in [0.1, 0.15) is 29.0 Å². The number of hydrogen-bond donors (Lipinski definition) is 2. The molecule has 1 heterocycles. The van der Waals surface area contributed by atoms with Crippen molar-refractivity contribution in [1.29, 1.82) is 0 Å². The minimum absolute atomic E-state index is 0.0639. The quantitative estimate of drug-likeness (QED) is 0.716. The molecule has 3 N–H and O–H groups in total. The van der Waals surface area contributed by atoms with E-state index in [4.69, 9.17) is 10.2 Å². The minimum atomic E-state index is -0.0639. The van der Waals surface area contributed by atoms with Crippen LogP contribution in [-0.4, -0.2) is 11.9 Å². The average molecular weight is 180 g/mol. The number of rotatable bonds is 3. The zero-order valence-electron chi connectivity index (χ0n) is 7.25. The van der Waals surface area contributed by atoms with E-state index in [1.807, 2.05) is 0 Å². The lowest BCUT2D eigenvalue weighted by molar-refractivity contribution is 0.0950. The summed E-state index contributed by atoms with van der Waals surface area (Å²) < 4.78 is 5.05. The lowest BCUT2D eigenvalue weighted by Crippen LogP contribution is -2.24. The van der Waals surface area contributed by atoms with Gasteiger partial charge in [-0.2, -0.15) is 0 Å². The molecule has 13 heavy (non-hydrogen) atoms. The van der Waals surface area contributed by atoms with Crippen LogP contribution in [0.4, 0.5) is 0 Å². The Kier molecular flexibility index (Phi) is 2.06. The van der Waals surface area contributed by atoms with Gasteiger partial charge in [-0.15, -0.1) is 0 Å². The first-order chi connectivity index (χ1) is 6.29. The number of furan rings is 1. The molecule has 1 aliphatic carbocycles. The van der Waals surface area contributed by atoms with E-state index in [0.29, 0.717) is 23.9 Å². The van der Waals surface area contributed by atoms with Crippen molar-refractivity contribution in [3.63, 3.8) is 0 Å². The van der Waals surface area contributed by atoms with Crippen LogP contribution in [0.15, 0.2) is 16.7 Å². The highest BCUT2D eigenvalue weighted by Gasteiger charge is 2.24. The van der Waals surface area contributed by atoms with Crippen LogP contribution in [0.5, 0.6) is 0 Å². The second-order valence-corrected chi connectivity index (χ2v) is 3.25. The number of nitrogens with two attached hydrogens (primary N) is 1. The van der Waals surface area contributed by atoms with Gasteiger partial charge in [-0.25, -0.2) is 0 Å². The van der Waals surface area contributed by atoms with E-state index < -0.39 is 0 Å². The summed E-state index contributed by atoms with van der Waals surface area (Å²) in [5.74, 6) is 0.576. The summed E-state index contributed by atoms with van der Waals surface area (Å²) in [6.45, 7) is 0.330. The van der Waals surface area contributed by atoms with E-state index in [-0.39, 0.29) is 5.91 Å². The maximum atomic E-state index is 11.4. The molecule has 4 nitrogen and oxygen atoms in total. The molecule has 4 heteroatoms. The molecule has 0 atom stereocenters. The van der Waals surface area contributed by atoms with Crippen LogP contribution in [0.25, 0.3) is 0 Å². The SMILES string of the molecule is NCc1cc(C(=O)NC2CC2)co1. The minimum Gasteiger partial charge on any atom is -0.467 e. The Hall–Kier alpha value is -1.29. The fraction of sp³-hybridized carbons (Fsp3) is 0.444. The van der Waals surface area contributed by atoms with Crippen LogP contribution < -0.4 is 11.1 Å². The normalized spacial score (nSPS) is 15.8. The van der Waals surface area contributed by atoms with Gasteiger partial charge in [-0.3, -0.25) is 4.79 Å². The monoisotopic (exact) mass is 180 g/mol. The first-order valence-electron chi connectivity index (χ1n) is 4.38. The number of carbonyl (C=O) groups is 1. The number of nitrogens with one attached hydrogen (secondary N) is 1. The Bertz CT molecular complexity index is 315. The van der Waals surface area contributed by atoms with Gasteiger partial charge in [0.2, 0.25) is 0 Å². The van der Waals surface area contributed by atoms with Gasteiger partial charge in [0.1, 0.15) is 12.0 Å². The third-order valence-corrected chi connectivity index (χ3v) is 2.03. The molecule has 0 radical (unpaired) electrons. The molecular weight excluding hydrogens is 168 g/mol. The van der Waals surface area contributed by atoms with Crippen LogP contribution in [0.2, 0.25) is 0 Å². The van der Waals surface area contributed by atoms with Crippen LogP contribution in [-0.2, 0) is 6.54 Å². The molecule has 1 fully saturated rings. The van der Waals surface area contributed by atoms with Gasteiger partial charge in [-0.1, -0.05) is 0 Å². The molecule has 0 bridgehead atoms. The Morgan fingerprint density at radius 2 is 2.46 bits per heavy atom. The predicted octanol–water partition coefficient (Wildman–Crippen LogP) is 0.630. The van der Waals surface area contributed by atoms with Gasteiger partial charge < -0.3 is 15.5 Å². The Balaban J connectivity index is 2.01. The fourth-order valence-electron chi connectivity index (χ4n) is 1.10. The molecule has 1 saturated carbocycles. The van der Waals surface area contributed by atoms with Crippen LogP contribution in [0.3, 0.4) is 0 Å². The zero-order valence-corrected chi connectivity index (χ0v) is 7.25. The lowest BCUT2D eigenvalue weighted by atomic mass is 10.3. The molecule has 1 aliphatic rings. The van der Waals surface area contributed by atoms with Gasteiger partial charge in [0.05, 0.1) is 12.1 Å². The molecule has 1 amide bonds. The smallest absolute Gasteiger partial charge is 0.254 e. The highest BCUT2D eigenvalue weighted by atomic mass is 16.3. The van der Waals surface area contributed by atoms with Crippen molar-refractivity contribution in [3.05, 3.63) is 23.7 Å². The van der Waals surface area contributed by atoms with Crippen molar-refractivity contribution in [2.24, 2.45) is 5.73 Å². The van der Waals surface area contributed by atoms with Gasteiger partial charge in [0.15, 0.2) is 0 Å². The highest BCUT2D eigenvalue weighted by Crippen LogP contribution is 2.19. The standard InChI is InChI=1S/C9H12N2O2/c10-4-8-3-6(5-13-8)9(12)11-7-1-2-7/h3,5,7H,1-2,4,10H2,(H,11,12). The Morgan fingerprint density at radius 3 is 3.00 bits per heavy atom. The average Bonchev–Trinajstić information content (AvgIpc) is 2.82. The second-order valence-electron chi connectivity index (χ2n) is 3.25. The topological polar surface area (TPSA) is 68.3 Å². The summed E-state index contributed by atoms with van der Waals surface area (Å²) in [7, 11) is 0. The molecular formula is C9H12N2O2. The molecule has 70 valence electrons. The third kappa shape index (κ3) is 1.89. The third-order valence-electron chi connectivity index (χ3n) is 2.03. The van der Waals surface area contributed by atoms with Gasteiger partial charge in [0, 0.05) is 6.04 Å². The van der Waals surface area contributed by atoms with Crippen molar-refractivity contribution >= 4 is 5.91 Å². The maximum absolute atomic E-state index is 11.4. The van der Waals surface area contributed by atoms with Crippen molar-refractivity contribution in [2.75, 3.05) is 0 Å². The first-order valence-corrected chi connectivity index (χ1v) is 4.38. The Morgan fingerprint density at radius 1 is 1.69 bits per heavy atom. The van der Waals surface area contributed by atoms with Gasteiger partial charge in [0.25, 0.3) is 5.91 Å². The summed E-state index contributed by atoms with van der Waals surface area (Å²) in [6, 6.07) is 2.06. The summed E-state index contributed by atoms with van der Waals surface area (Å²) in [5, 5.41) is 2.87. The lowest BCUT2D eigenvalue weighted by Gasteiger charge is -1.97. The molecule has 0 saturated heterocycles. The van der Waals surface area contributed by atoms with Crippen molar-refractivity contribution in [1.82, 2.24) is 5.32 Å². The molecule has 0 aromatic carbocycles. The van der Waals surface area contributed by atoms with Crippen molar-refractivity contribution in [2.45, 2.75) is 25.4 Å². The number of hydrogen-bond acceptors (Lipinski definition) is 3. The molecule has 0 spiro atoms. The summed E-state index contributed by atoms with van der Waals surface area (Å²) in [6.07, 6.45) is 3.63. The second kappa shape index (κ2) is 3.22. The number of carbonyl (C=O) groups excluding carboxylic acids is 1. The van der Waals surface area contributed by atoms with E-state index >= 15 is 0 Å². The highest BCUT2D eigenvalue weighted by molar-refractivity contribution is 5.94. The van der Waals surface area contributed by atoms with E-state index in [2.05, 4.69) is 5.32 Å². The summed E-state index contributed by atoms with van der Waals surface area (Å²) in [4.78, 5) is 11.4. The van der Waals surface area contributed by atoms with Crippen LogP contribution >= 0.6 is 0 Å². The van der Waals surface area contributed by atoms with Crippen molar-refractivity contribution < 1.29 is 9.21 Å². The summed E-state index contributed by atoms with van der Waals surface area (Å²) in [5.41, 5.74) is 5.91. The zero-order chi connectivity index (χ0) is 9.26. The van der Waals surface area contributed by atoms with E-state index in [9.17, 15) is 4.79 Å². The molecule has 0 aliphatic heterocycles. The van der Waals surface area contributed by atoms with E-state index in [1.165, 1.54) is 6.26 Å². The van der Waals surface area contributed by atoms with Crippen molar-refractivity contribution in [3.8, 4) is 0 Å². The van der Waals surface area contributed by atoms with E-state index in [0.717, 1.165) is 12.8 Å².